The minimum atomic E-state index is -1.20. The summed E-state index contributed by atoms with van der Waals surface area (Å²) in [6, 6.07) is 2.05. The van der Waals surface area contributed by atoms with Crippen LogP contribution < -0.4 is 10.5 Å². The van der Waals surface area contributed by atoms with Crippen LogP contribution in [-0.4, -0.2) is 17.7 Å². The van der Waals surface area contributed by atoms with Crippen molar-refractivity contribution >= 4 is 11.7 Å². The van der Waals surface area contributed by atoms with Gasteiger partial charge in [-0.25, -0.2) is 9.18 Å². The number of nitrogen functional groups attached to an aromatic ring is 1. The van der Waals surface area contributed by atoms with E-state index in [4.69, 9.17) is 15.6 Å². The molecule has 0 saturated heterocycles. The average Bonchev–Trinajstić information content (AvgIpc) is 2.16. The number of nitrogens with two attached hydrogens (primary N) is 1. The molecule has 1 rings (SSSR count). The van der Waals surface area contributed by atoms with Crippen molar-refractivity contribution in [1.29, 1.82) is 0 Å². The normalized spacial score (nSPS) is 10.0. The van der Waals surface area contributed by atoms with E-state index < -0.39 is 11.8 Å². The van der Waals surface area contributed by atoms with Gasteiger partial charge in [-0.15, -0.1) is 0 Å². The number of carbonyl (C=O) groups is 1. The molecule has 5 heteroatoms. The van der Waals surface area contributed by atoms with Crippen LogP contribution in [0.2, 0.25) is 0 Å². The standard InChI is InChI=1S/C10H12FNO3/c1-2-3-15-9-4-6(10(13)14)8(12)5-7(9)11/h4-5H,2-3,12H2,1H3,(H,13,14). The van der Waals surface area contributed by atoms with E-state index in [0.29, 0.717) is 13.0 Å². The molecule has 4 nitrogen and oxygen atoms in total. The van der Waals surface area contributed by atoms with Gasteiger partial charge < -0.3 is 15.6 Å². The molecule has 3 N–H and O–H groups in total. The summed E-state index contributed by atoms with van der Waals surface area (Å²) < 4.78 is 18.3. The Morgan fingerprint density at radius 3 is 2.80 bits per heavy atom. The van der Waals surface area contributed by atoms with Crippen molar-refractivity contribution in [2.75, 3.05) is 12.3 Å². The van der Waals surface area contributed by atoms with E-state index in [1.165, 1.54) is 0 Å². The van der Waals surface area contributed by atoms with Crippen molar-refractivity contribution < 1.29 is 19.0 Å². The van der Waals surface area contributed by atoms with Gasteiger partial charge in [0.1, 0.15) is 0 Å². The van der Waals surface area contributed by atoms with Crippen molar-refractivity contribution in [3.63, 3.8) is 0 Å². The molecule has 0 heterocycles. The van der Waals surface area contributed by atoms with Crippen molar-refractivity contribution in [2.24, 2.45) is 0 Å². The highest BCUT2D eigenvalue weighted by Crippen LogP contribution is 2.24. The Hall–Kier alpha value is -1.78. The largest absolute Gasteiger partial charge is 0.491 e. The number of carboxylic acids is 1. The number of aromatic carboxylic acids is 1. The lowest BCUT2D eigenvalue weighted by Gasteiger charge is -2.08. The second-order valence-corrected chi connectivity index (χ2v) is 3.02. The molecule has 0 aliphatic heterocycles. The molecule has 1 aromatic carbocycles. The monoisotopic (exact) mass is 213 g/mol. The van der Waals surface area contributed by atoms with E-state index >= 15 is 0 Å². The Morgan fingerprint density at radius 1 is 1.60 bits per heavy atom. The van der Waals surface area contributed by atoms with Gasteiger partial charge >= 0.3 is 5.97 Å². The summed E-state index contributed by atoms with van der Waals surface area (Å²) in [7, 11) is 0. The predicted octanol–water partition coefficient (Wildman–Crippen LogP) is 1.89. The maximum absolute atomic E-state index is 13.2. The topological polar surface area (TPSA) is 72.5 Å². The van der Waals surface area contributed by atoms with Crippen LogP contribution in [-0.2, 0) is 0 Å². The van der Waals surface area contributed by atoms with E-state index in [-0.39, 0.29) is 17.0 Å². The number of rotatable bonds is 4. The highest BCUT2D eigenvalue weighted by molar-refractivity contribution is 5.94. The molecule has 0 unspecified atom stereocenters. The van der Waals surface area contributed by atoms with Gasteiger partial charge in [0.05, 0.1) is 12.2 Å². The van der Waals surface area contributed by atoms with Crippen LogP contribution in [0.3, 0.4) is 0 Å². The summed E-state index contributed by atoms with van der Waals surface area (Å²) in [5, 5.41) is 8.75. The molecule has 0 bridgehead atoms. The van der Waals surface area contributed by atoms with Crippen LogP contribution in [0, 0.1) is 5.82 Å². The second-order valence-electron chi connectivity index (χ2n) is 3.02. The van der Waals surface area contributed by atoms with Gasteiger partial charge in [-0.1, -0.05) is 6.92 Å². The van der Waals surface area contributed by atoms with Gasteiger partial charge in [0, 0.05) is 11.8 Å². The first-order valence-corrected chi connectivity index (χ1v) is 4.51. The molecule has 15 heavy (non-hydrogen) atoms. The molecule has 0 atom stereocenters. The third-order valence-electron chi connectivity index (χ3n) is 1.80. The molecule has 0 aliphatic carbocycles. The van der Waals surface area contributed by atoms with Gasteiger partial charge in [-0.3, -0.25) is 0 Å². The molecule has 1 aromatic rings. The van der Waals surface area contributed by atoms with E-state index in [1.807, 2.05) is 6.92 Å². The maximum atomic E-state index is 13.2. The lowest BCUT2D eigenvalue weighted by atomic mass is 10.1. The molecule has 0 amide bonds. The Bertz CT molecular complexity index is 379. The quantitative estimate of drug-likeness (QED) is 0.749. The third-order valence-corrected chi connectivity index (χ3v) is 1.80. The maximum Gasteiger partial charge on any atom is 0.337 e. The predicted molar refractivity (Wildman–Crippen MR) is 53.6 cm³/mol. The Kier molecular flexibility index (Phi) is 3.49. The average molecular weight is 213 g/mol. The third kappa shape index (κ3) is 2.59. The number of halogens is 1. The Labute approximate surface area is 86.5 Å². The van der Waals surface area contributed by atoms with Crippen LogP contribution in [0.4, 0.5) is 10.1 Å². The number of benzene rings is 1. The molecular weight excluding hydrogens is 201 g/mol. The molecule has 0 spiro atoms. The molecule has 82 valence electrons. The van der Waals surface area contributed by atoms with Crippen molar-refractivity contribution in [3.8, 4) is 5.75 Å². The second kappa shape index (κ2) is 4.63. The van der Waals surface area contributed by atoms with Crippen molar-refractivity contribution in [2.45, 2.75) is 13.3 Å². The summed E-state index contributed by atoms with van der Waals surface area (Å²) in [5.41, 5.74) is 5.09. The smallest absolute Gasteiger partial charge is 0.337 e. The van der Waals surface area contributed by atoms with Crippen LogP contribution in [0.25, 0.3) is 0 Å². The fourth-order valence-electron chi connectivity index (χ4n) is 1.08. The van der Waals surface area contributed by atoms with Crippen LogP contribution in [0.1, 0.15) is 23.7 Å². The first kappa shape index (κ1) is 11.3. The van der Waals surface area contributed by atoms with Crippen molar-refractivity contribution in [1.82, 2.24) is 0 Å². The van der Waals surface area contributed by atoms with E-state index in [9.17, 15) is 9.18 Å². The lowest BCUT2D eigenvalue weighted by Crippen LogP contribution is -2.05. The van der Waals surface area contributed by atoms with Gasteiger partial charge in [0.15, 0.2) is 11.6 Å². The van der Waals surface area contributed by atoms with Gasteiger partial charge in [0.25, 0.3) is 0 Å². The first-order valence-electron chi connectivity index (χ1n) is 4.51. The van der Waals surface area contributed by atoms with Crippen LogP contribution in [0.15, 0.2) is 12.1 Å². The SMILES string of the molecule is CCCOc1cc(C(=O)O)c(N)cc1F. The Morgan fingerprint density at radius 2 is 2.27 bits per heavy atom. The van der Waals surface area contributed by atoms with E-state index in [2.05, 4.69) is 0 Å². The molecular formula is C10H12FNO3. The number of hydrogen-bond donors (Lipinski definition) is 2. The summed E-state index contributed by atoms with van der Waals surface area (Å²) >= 11 is 0. The molecule has 0 aliphatic rings. The molecule has 0 fully saturated rings. The van der Waals surface area contributed by atoms with Gasteiger partial charge in [0.2, 0.25) is 0 Å². The van der Waals surface area contributed by atoms with E-state index in [1.54, 1.807) is 0 Å². The summed E-state index contributed by atoms with van der Waals surface area (Å²) in [4.78, 5) is 10.7. The fourth-order valence-corrected chi connectivity index (χ4v) is 1.08. The Balaban J connectivity index is 3.06. The lowest BCUT2D eigenvalue weighted by molar-refractivity contribution is 0.0697. The highest BCUT2D eigenvalue weighted by atomic mass is 19.1. The minimum absolute atomic E-state index is 0.0801. The minimum Gasteiger partial charge on any atom is -0.491 e. The van der Waals surface area contributed by atoms with Crippen molar-refractivity contribution in [3.05, 3.63) is 23.5 Å². The summed E-state index contributed by atoms with van der Waals surface area (Å²) in [6.07, 6.45) is 0.715. The summed E-state index contributed by atoms with van der Waals surface area (Å²) in [5.74, 6) is -1.93. The molecule has 0 saturated carbocycles. The zero-order valence-electron chi connectivity index (χ0n) is 8.29. The molecule has 0 radical (unpaired) electrons. The van der Waals surface area contributed by atoms with Crippen LogP contribution >= 0.6 is 0 Å². The van der Waals surface area contributed by atoms with E-state index in [0.717, 1.165) is 12.1 Å². The fraction of sp³-hybridized carbons (Fsp3) is 0.300. The number of hydrogen-bond acceptors (Lipinski definition) is 3. The highest BCUT2D eigenvalue weighted by Gasteiger charge is 2.13. The van der Waals surface area contributed by atoms with Crippen LogP contribution in [0.5, 0.6) is 5.75 Å². The molecule has 0 aromatic heterocycles. The van der Waals surface area contributed by atoms with Gasteiger partial charge in [-0.05, 0) is 12.5 Å². The summed E-state index contributed by atoms with van der Waals surface area (Å²) in [6.45, 7) is 2.20. The number of anilines is 1. The number of ether oxygens (including phenoxy) is 1. The zero-order chi connectivity index (χ0) is 11.4. The first-order chi connectivity index (χ1) is 7.06. The zero-order valence-corrected chi connectivity index (χ0v) is 8.29. The van der Waals surface area contributed by atoms with Gasteiger partial charge in [-0.2, -0.15) is 0 Å². The number of carboxylic acid groups (broad SMARTS) is 1.